The van der Waals surface area contributed by atoms with Crippen molar-refractivity contribution in [3.05, 3.63) is 35.9 Å². The van der Waals surface area contributed by atoms with Crippen LogP contribution in [0.25, 0.3) is 22.3 Å². The molecule has 0 spiro atoms. The molecule has 0 aliphatic carbocycles. The zero-order valence-corrected chi connectivity index (χ0v) is 14.3. The van der Waals surface area contributed by atoms with Crippen LogP contribution in [0.5, 0.6) is 0 Å². The minimum atomic E-state index is 0.422. The van der Waals surface area contributed by atoms with Crippen molar-refractivity contribution in [2.75, 3.05) is 19.6 Å². The molecule has 4 aliphatic rings. The maximum Gasteiger partial charge on any atom is 0.231 e. The first-order chi connectivity index (χ1) is 12.4. The molecule has 3 aromatic rings. The van der Waals surface area contributed by atoms with E-state index in [9.17, 15) is 0 Å². The standard InChI is InChI=1S/C20H22N4O/c1-2-5-16-14(4-1)18(17-6-3-9-24(16)17)19-21-20(25-22-19)15-12-23-10-7-13(15)8-11-23/h1-2,4-5,13,15H,3,6-12H2. The summed E-state index contributed by atoms with van der Waals surface area (Å²) in [5.41, 5.74) is 3.88. The van der Waals surface area contributed by atoms with Gasteiger partial charge in [0.2, 0.25) is 11.7 Å². The van der Waals surface area contributed by atoms with Gasteiger partial charge in [-0.25, -0.2) is 0 Å². The summed E-state index contributed by atoms with van der Waals surface area (Å²) in [6.45, 7) is 4.65. The van der Waals surface area contributed by atoms with E-state index in [1.165, 1.54) is 54.5 Å². The monoisotopic (exact) mass is 334 g/mol. The van der Waals surface area contributed by atoms with Crippen LogP contribution in [-0.2, 0) is 13.0 Å². The molecule has 0 saturated carbocycles. The molecule has 128 valence electrons. The highest BCUT2D eigenvalue weighted by atomic mass is 16.5. The van der Waals surface area contributed by atoms with E-state index in [0.717, 1.165) is 37.1 Å². The van der Waals surface area contributed by atoms with Crippen LogP contribution in [-0.4, -0.2) is 39.2 Å². The molecule has 5 heteroatoms. The Hall–Kier alpha value is -2.14. The number of aryl methyl sites for hydroxylation is 1. The lowest BCUT2D eigenvalue weighted by Crippen LogP contribution is -2.46. The normalized spacial score (nSPS) is 27.9. The Kier molecular flexibility index (Phi) is 2.92. The van der Waals surface area contributed by atoms with Gasteiger partial charge >= 0.3 is 0 Å². The fraction of sp³-hybridized carbons (Fsp3) is 0.500. The molecule has 25 heavy (non-hydrogen) atoms. The predicted octanol–water partition coefficient (Wildman–Crippen LogP) is 3.45. The maximum atomic E-state index is 5.79. The first-order valence-electron chi connectivity index (χ1n) is 9.55. The van der Waals surface area contributed by atoms with Crippen LogP contribution in [0, 0.1) is 5.92 Å². The first kappa shape index (κ1) is 14.1. The summed E-state index contributed by atoms with van der Waals surface area (Å²) in [5.74, 6) is 2.78. The van der Waals surface area contributed by atoms with Crippen molar-refractivity contribution in [3.8, 4) is 11.4 Å². The molecule has 1 atom stereocenters. The number of hydrogen-bond donors (Lipinski definition) is 0. The predicted molar refractivity (Wildman–Crippen MR) is 95.5 cm³/mol. The Morgan fingerprint density at radius 2 is 1.96 bits per heavy atom. The number of aromatic nitrogens is 3. The largest absolute Gasteiger partial charge is 0.344 e. The number of rotatable bonds is 2. The van der Waals surface area contributed by atoms with Gasteiger partial charge in [0.15, 0.2) is 0 Å². The minimum Gasteiger partial charge on any atom is -0.344 e. The number of para-hydroxylation sites is 1. The summed E-state index contributed by atoms with van der Waals surface area (Å²) < 4.78 is 8.23. The number of benzene rings is 1. The van der Waals surface area contributed by atoms with E-state index >= 15 is 0 Å². The van der Waals surface area contributed by atoms with Crippen molar-refractivity contribution in [1.82, 2.24) is 19.6 Å². The molecule has 1 aromatic carbocycles. The Labute approximate surface area is 146 Å². The molecular formula is C20H22N4O. The van der Waals surface area contributed by atoms with Gasteiger partial charge in [-0.3, -0.25) is 0 Å². The van der Waals surface area contributed by atoms with Crippen LogP contribution in [0.2, 0.25) is 0 Å². The molecule has 0 amide bonds. The van der Waals surface area contributed by atoms with Crippen molar-refractivity contribution in [1.29, 1.82) is 0 Å². The zero-order valence-electron chi connectivity index (χ0n) is 14.3. The molecule has 5 nitrogen and oxygen atoms in total. The average molecular weight is 334 g/mol. The van der Waals surface area contributed by atoms with Crippen LogP contribution in [0.1, 0.15) is 36.8 Å². The molecule has 3 saturated heterocycles. The van der Waals surface area contributed by atoms with Crippen LogP contribution in [0.3, 0.4) is 0 Å². The molecule has 2 bridgehead atoms. The Bertz CT molecular complexity index is 948. The SMILES string of the molecule is c1ccc2c(c1)c(-c1noc(C3CN4CCC3CC4)n1)c1n2CCC1. The van der Waals surface area contributed by atoms with E-state index < -0.39 is 0 Å². The lowest BCUT2D eigenvalue weighted by molar-refractivity contribution is 0.0727. The third-order valence-electron chi connectivity index (χ3n) is 6.51. The van der Waals surface area contributed by atoms with Gasteiger partial charge in [-0.2, -0.15) is 4.98 Å². The zero-order chi connectivity index (χ0) is 16.4. The molecule has 1 unspecified atom stereocenters. The summed E-state index contributed by atoms with van der Waals surface area (Å²) in [4.78, 5) is 7.45. The Morgan fingerprint density at radius 1 is 1.08 bits per heavy atom. The molecule has 3 fully saturated rings. The topological polar surface area (TPSA) is 47.1 Å². The van der Waals surface area contributed by atoms with E-state index in [-0.39, 0.29) is 0 Å². The summed E-state index contributed by atoms with van der Waals surface area (Å²) in [6, 6.07) is 8.63. The smallest absolute Gasteiger partial charge is 0.231 e. The van der Waals surface area contributed by atoms with Crippen molar-refractivity contribution in [3.63, 3.8) is 0 Å². The molecule has 6 heterocycles. The number of piperidine rings is 3. The second-order valence-electron chi connectivity index (χ2n) is 7.79. The third kappa shape index (κ3) is 1.99. The number of fused-ring (bicyclic) bond motifs is 6. The van der Waals surface area contributed by atoms with Crippen LogP contribution >= 0.6 is 0 Å². The van der Waals surface area contributed by atoms with Gasteiger partial charge in [0.1, 0.15) is 0 Å². The van der Waals surface area contributed by atoms with Gasteiger partial charge in [0.25, 0.3) is 0 Å². The molecule has 0 radical (unpaired) electrons. The fourth-order valence-electron chi connectivity index (χ4n) is 5.26. The molecular weight excluding hydrogens is 312 g/mol. The lowest BCUT2D eigenvalue weighted by Gasteiger charge is -2.43. The van der Waals surface area contributed by atoms with E-state index in [1.54, 1.807) is 0 Å². The highest BCUT2D eigenvalue weighted by Gasteiger charge is 2.38. The van der Waals surface area contributed by atoms with Crippen molar-refractivity contribution < 1.29 is 4.52 Å². The second kappa shape index (κ2) is 5.18. The van der Waals surface area contributed by atoms with Crippen molar-refractivity contribution >= 4 is 10.9 Å². The molecule has 4 aliphatic heterocycles. The maximum absolute atomic E-state index is 5.79. The van der Waals surface area contributed by atoms with E-state index in [0.29, 0.717) is 5.92 Å². The van der Waals surface area contributed by atoms with Gasteiger partial charge < -0.3 is 14.0 Å². The van der Waals surface area contributed by atoms with Crippen molar-refractivity contribution in [2.45, 2.75) is 38.1 Å². The van der Waals surface area contributed by atoms with Crippen LogP contribution < -0.4 is 0 Å². The van der Waals surface area contributed by atoms with Gasteiger partial charge in [-0.15, -0.1) is 0 Å². The van der Waals surface area contributed by atoms with E-state index in [1.807, 2.05) is 0 Å². The summed E-state index contributed by atoms with van der Waals surface area (Å²) in [7, 11) is 0. The van der Waals surface area contributed by atoms with Crippen LogP contribution in [0.15, 0.2) is 28.8 Å². The second-order valence-corrected chi connectivity index (χ2v) is 7.79. The Morgan fingerprint density at radius 3 is 2.80 bits per heavy atom. The van der Waals surface area contributed by atoms with Gasteiger partial charge in [-0.1, -0.05) is 23.4 Å². The van der Waals surface area contributed by atoms with Crippen LogP contribution in [0.4, 0.5) is 0 Å². The highest BCUT2D eigenvalue weighted by molar-refractivity contribution is 5.96. The summed E-state index contributed by atoms with van der Waals surface area (Å²) >= 11 is 0. The quantitative estimate of drug-likeness (QED) is 0.720. The third-order valence-corrected chi connectivity index (χ3v) is 6.51. The summed E-state index contributed by atoms with van der Waals surface area (Å²) in [5, 5.41) is 5.69. The molecule has 7 rings (SSSR count). The molecule has 2 aromatic heterocycles. The highest BCUT2D eigenvalue weighted by Crippen LogP contribution is 2.41. The average Bonchev–Trinajstić information content (AvgIpc) is 3.38. The molecule has 0 N–H and O–H groups in total. The summed E-state index contributed by atoms with van der Waals surface area (Å²) in [6.07, 6.45) is 4.85. The van der Waals surface area contributed by atoms with Gasteiger partial charge in [0, 0.05) is 29.7 Å². The van der Waals surface area contributed by atoms with Gasteiger partial charge in [-0.05, 0) is 50.8 Å². The fourth-order valence-corrected chi connectivity index (χ4v) is 5.26. The van der Waals surface area contributed by atoms with Crippen molar-refractivity contribution in [2.24, 2.45) is 5.92 Å². The number of hydrogen-bond acceptors (Lipinski definition) is 4. The first-order valence-corrected chi connectivity index (χ1v) is 9.55. The van der Waals surface area contributed by atoms with Gasteiger partial charge in [0.05, 0.1) is 11.5 Å². The van der Waals surface area contributed by atoms with E-state index in [4.69, 9.17) is 9.51 Å². The minimum absolute atomic E-state index is 0.422. The lowest BCUT2D eigenvalue weighted by atomic mass is 9.79. The Balaban J connectivity index is 1.45. The number of nitrogens with zero attached hydrogens (tertiary/aromatic N) is 4. The van der Waals surface area contributed by atoms with E-state index in [2.05, 4.69) is 38.9 Å².